The van der Waals surface area contributed by atoms with Crippen LogP contribution in [0.15, 0.2) is 59.7 Å². The van der Waals surface area contributed by atoms with Gasteiger partial charge in [-0.25, -0.2) is 5.01 Å². The van der Waals surface area contributed by atoms with Gasteiger partial charge in [-0.3, -0.25) is 19.3 Å². The van der Waals surface area contributed by atoms with E-state index in [1.54, 1.807) is 4.90 Å². The second kappa shape index (κ2) is 13.5. The van der Waals surface area contributed by atoms with Crippen LogP contribution in [0.4, 0.5) is 5.69 Å². The van der Waals surface area contributed by atoms with E-state index in [1.165, 1.54) is 11.9 Å². The average Bonchev–Trinajstić information content (AvgIpc) is 3.21. The monoisotopic (exact) mass is 683 g/mol. The van der Waals surface area contributed by atoms with Gasteiger partial charge in [0, 0.05) is 50.5 Å². The van der Waals surface area contributed by atoms with E-state index >= 15 is 4.79 Å². The molecule has 0 bridgehead atoms. The van der Waals surface area contributed by atoms with Gasteiger partial charge >= 0.3 is 0 Å². The summed E-state index contributed by atoms with van der Waals surface area (Å²) in [5.41, 5.74) is 2.06. The molecule has 9 nitrogen and oxygen atoms in total. The highest BCUT2D eigenvalue weighted by atomic mass is 35.5. The van der Waals surface area contributed by atoms with Gasteiger partial charge < -0.3 is 15.0 Å². The molecule has 1 spiro atoms. The van der Waals surface area contributed by atoms with E-state index < -0.39 is 25.4 Å². The predicted octanol–water partition coefficient (Wildman–Crippen LogP) is 6.01. The maximum absolute atomic E-state index is 15.3. The van der Waals surface area contributed by atoms with Crippen molar-refractivity contribution in [1.82, 2.24) is 15.2 Å². The van der Waals surface area contributed by atoms with Crippen molar-refractivity contribution in [3.8, 4) is 0 Å². The summed E-state index contributed by atoms with van der Waals surface area (Å²) in [6.45, 7) is 16.0. The van der Waals surface area contributed by atoms with E-state index in [-0.39, 0.29) is 44.1 Å². The van der Waals surface area contributed by atoms with Gasteiger partial charge in [0.1, 0.15) is 24.5 Å². The molecule has 1 N–H and O–H groups in total. The highest BCUT2D eigenvalue weighted by Crippen LogP contribution is 2.59. The Kier molecular flexibility index (Phi) is 10.0. The first-order valence-corrected chi connectivity index (χ1v) is 20.3. The first kappa shape index (κ1) is 34.2. The largest absolute Gasteiger partial charge is 0.361 e. The number of benzene rings is 2. The van der Waals surface area contributed by atoms with Crippen molar-refractivity contribution >= 4 is 60.5 Å². The first-order valence-electron chi connectivity index (χ1n) is 15.8. The third kappa shape index (κ3) is 6.49. The lowest BCUT2D eigenvalue weighted by Gasteiger charge is -2.54. The molecule has 0 saturated carbocycles. The van der Waals surface area contributed by atoms with E-state index in [9.17, 15) is 9.59 Å². The Hall–Kier alpha value is -3.18. The number of carbonyl (C=O) groups excluding carboxylic acids is 3. The van der Waals surface area contributed by atoms with Crippen LogP contribution in [0, 0.1) is 0 Å². The summed E-state index contributed by atoms with van der Waals surface area (Å²) in [5, 5.41) is 10.1. The van der Waals surface area contributed by atoms with Crippen LogP contribution < -0.4 is 10.2 Å². The molecule has 246 valence electrons. The van der Waals surface area contributed by atoms with Crippen molar-refractivity contribution in [3.63, 3.8) is 0 Å². The molecule has 1 fully saturated rings. The molecular formula is C34H43Cl2N5O4Si. The minimum atomic E-state index is -1.36. The van der Waals surface area contributed by atoms with E-state index in [4.69, 9.17) is 33.0 Å². The zero-order valence-electron chi connectivity index (χ0n) is 27.2. The highest BCUT2D eigenvalue weighted by Gasteiger charge is 2.65. The number of nitrogens with one attached hydrogen (secondary N) is 1. The van der Waals surface area contributed by atoms with Gasteiger partial charge in [-0.1, -0.05) is 80.1 Å². The van der Waals surface area contributed by atoms with E-state index in [0.717, 1.165) is 22.7 Å². The number of hydrogen-bond acceptors (Lipinski definition) is 6. The van der Waals surface area contributed by atoms with E-state index in [2.05, 4.69) is 31.5 Å². The van der Waals surface area contributed by atoms with Crippen molar-refractivity contribution in [1.29, 1.82) is 0 Å². The summed E-state index contributed by atoms with van der Waals surface area (Å²) in [4.78, 5) is 44.0. The van der Waals surface area contributed by atoms with E-state index in [1.807, 2.05) is 54.3 Å². The quantitative estimate of drug-likeness (QED) is 0.178. The topological polar surface area (TPSA) is 94.6 Å². The number of hydrazone groups is 1. The fourth-order valence-electron chi connectivity index (χ4n) is 6.89. The molecule has 0 aromatic heterocycles. The van der Waals surface area contributed by atoms with Gasteiger partial charge in [-0.15, -0.1) is 0 Å². The number of anilines is 1. The number of carbonyl (C=O) groups is 3. The minimum absolute atomic E-state index is 0.0233. The molecule has 3 atom stereocenters. The Labute approximate surface area is 282 Å². The van der Waals surface area contributed by atoms with Gasteiger partial charge in [-0.05, 0) is 47.9 Å². The third-order valence-electron chi connectivity index (χ3n) is 9.14. The normalized spacial score (nSPS) is 22.6. The smallest absolute Gasteiger partial charge is 0.262 e. The summed E-state index contributed by atoms with van der Waals surface area (Å²) in [7, 11) is -1.36. The molecule has 3 amide bonds. The summed E-state index contributed by atoms with van der Waals surface area (Å²) >= 11 is 13.2. The molecule has 2 aromatic rings. The van der Waals surface area contributed by atoms with Gasteiger partial charge in [0.05, 0.1) is 18.3 Å². The van der Waals surface area contributed by atoms with Crippen LogP contribution in [0.2, 0.25) is 35.7 Å². The summed E-state index contributed by atoms with van der Waals surface area (Å²) in [5.74, 6) is -0.231. The number of rotatable bonds is 11. The fraction of sp³-hybridized carbons (Fsp3) is 0.471. The zero-order chi connectivity index (χ0) is 33.4. The zero-order valence-corrected chi connectivity index (χ0v) is 29.7. The highest BCUT2D eigenvalue weighted by molar-refractivity contribution is 6.76. The lowest BCUT2D eigenvalue weighted by atomic mass is 9.58. The summed E-state index contributed by atoms with van der Waals surface area (Å²) < 4.78 is 6.19. The van der Waals surface area contributed by atoms with Crippen molar-refractivity contribution in [3.05, 3.63) is 75.8 Å². The molecule has 46 heavy (non-hydrogen) atoms. The molecule has 0 radical (unpaired) electrons. The number of amidine groups is 1. The van der Waals surface area contributed by atoms with Crippen LogP contribution in [0.25, 0.3) is 0 Å². The van der Waals surface area contributed by atoms with Crippen molar-refractivity contribution in [2.75, 3.05) is 37.9 Å². The Morgan fingerprint density at radius 1 is 1.15 bits per heavy atom. The predicted molar refractivity (Wildman–Crippen MR) is 186 cm³/mol. The molecule has 3 heterocycles. The number of fused-ring (bicyclic) bond motifs is 3. The molecule has 3 aliphatic rings. The molecule has 5 rings (SSSR count). The third-order valence-corrected chi connectivity index (χ3v) is 11.3. The maximum Gasteiger partial charge on any atom is 0.262 e. The van der Waals surface area contributed by atoms with Crippen molar-refractivity contribution in [2.24, 2.45) is 5.10 Å². The van der Waals surface area contributed by atoms with Crippen molar-refractivity contribution < 1.29 is 19.1 Å². The van der Waals surface area contributed by atoms with Crippen LogP contribution in [-0.4, -0.2) is 80.6 Å². The Bertz CT molecular complexity index is 1580. The number of ether oxygens (including phenoxy) is 1. The SMILES string of the molecule is C=C(CC)[C@H]1N2CC(=O)N(CCNC(C)=O)N=C2C[C@@H](c2cccc(Cl)c2)[C@]12C(=O)N(COCC[Si](C)(C)C)c1cc(Cl)ccc12. The lowest BCUT2D eigenvalue weighted by molar-refractivity contribution is -0.136. The Morgan fingerprint density at radius 3 is 2.57 bits per heavy atom. The molecule has 0 aliphatic carbocycles. The number of amides is 3. The van der Waals surface area contributed by atoms with Gasteiger partial charge in [-0.2, -0.15) is 5.10 Å². The second-order valence-corrected chi connectivity index (χ2v) is 20.0. The average molecular weight is 685 g/mol. The molecular weight excluding hydrogens is 641 g/mol. The fourth-order valence-corrected chi connectivity index (χ4v) is 8.01. The summed E-state index contributed by atoms with van der Waals surface area (Å²) in [6, 6.07) is 13.6. The van der Waals surface area contributed by atoms with Gasteiger partial charge in [0.2, 0.25) is 11.8 Å². The molecule has 12 heteroatoms. The number of hydrogen-bond donors (Lipinski definition) is 1. The Balaban J connectivity index is 1.67. The maximum atomic E-state index is 15.3. The molecule has 0 unspecified atom stereocenters. The first-order chi connectivity index (χ1) is 21.8. The Morgan fingerprint density at radius 2 is 1.89 bits per heavy atom. The molecule has 3 aliphatic heterocycles. The van der Waals surface area contributed by atoms with Crippen LogP contribution >= 0.6 is 23.2 Å². The number of halogens is 2. The number of nitrogens with zero attached hydrogens (tertiary/aromatic N) is 4. The molecule has 1 saturated heterocycles. The van der Waals surface area contributed by atoms with Crippen LogP contribution in [0.3, 0.4) is 0 Å². The van der Waals surface area contributed by atoms with Crippen LogP contribution in [0.1, 0.15) is 43.7 Å². The van der Waals surface area contributed by atoms with Gasteiger partial charge in [0.25, 0.3) is 5.91 Å². The molecule has 2 aromatic carbocycles. The minimum Gasteiger partial charge on any atom is -0.361 e. The van der Waals surface area contributed by atoms with Crippen LogP contribution in [0.5, 0.6) is 0 Å². The van der Waals surface area contributed by atoms with Gasteiger partial charge in [0.15, 0.2) is 0 Å². The van der Waals surface area contributed by atoms with E-state index in [0.29, 0.717) is 41.0 Å². The van der Waals surface area contributed by atoms with Crippen LogP contribution in [-0.2, 0) is 24.5 Å². The van der Waals surface area contributed by atoms with Crippen molar-refractivity contribution in [2.45, 2.75) is 69.7 Å². The second-order valence-electron chi connectivity index (χ2n) is 13.5. The number of piperidine rings is 1. The standard InChI is InChI=1S/C34H43Cl2N5O4Si/c1-7-22(2)32-34(27-12-11-26(36)18-29(27)40(33(34)44)21-45-15-16-46(4,5)6)28(24-9-8-10-25(35)17-24)19-30-38-41(14-13-37-23(3)42)31(43)20-39(30)32/h8-12,17-18,28,32H,2,7,13-16,19-21H2,1,3-6H3,(H,37,42)/t28-,32+,34-/m0/s1. The summed E-state index contributed by atoms with van der Waals surface area (Å²) in [6.07, 6.45) is 0.956. The lowest BCUT2D eigenvalue weighted by Crippen LogP contribution is -2.67.